The first kappa shape index (κ1) is 18.6. The SMILES string of the molecule is CSCC[C@H](N)C(=O)NCCC(c1ccccc1)c1ccccc1. The maximum atomic E-state index is 12.1. The van der Waals surface area contributed by atoms with Crippen LogP contribution in [0.1, 0.15) is 29.9 Å². The Kier molecular flexibility index (Phi) is 7.86. The van der Waals surface area contributed by atoms with Gasteiger partial charge in [-0.2, -0.15) is 11.8 Å². The van der Waals surface area contributed by atoms with E-state index in [4.69, 9.17) is 5.73 Å². The molecule has 0 saturated carbocycles. The Balaban J connectivity index is 1.96. The Hall–Kier alpha value is -1.78. The molecule has 1 amide bonds. The zero-order valence-corrected chi connectivity index (χ0v) is 15.0. The Morgan fingerprint density at radius 1 is 1.00 bits per heavy atom. The van der Waals surface area contributed by atoms with Crippen LogP contribution in [0.25, 0.3) is 0 Å². The molecule has 2 aromatic rings. The third-order valence-corrected chi connectivity index (χ3v) is 4.75. The molecule has 0 unspecified atom stereocenters. The highest BCUT2D eigenvalue weighted by atomic mass is 32.2. The molecule has 0 aliphatic heterocycles. The number of benzene rings is 2. The van der Waals surface area contributed by atoms with Crippen molar-refractivity contribution >= 4 is 17.7 Å². The summed E-state index contributed by atoms with van der Waals surface area (Å²) in [7, 11) is 0. The highest BCUT2D eigenvalue weighted by molar-refractivity contribution is 7.98. The number of carbonyl (C=O) groups is 1. The van der Waals surface area contributed by atoms with E-state index in [1.165, 1.54) is 11.1 Å². The van der Waals surface area contributed by atoms with Gasteiger partial charge in [-0.1, -0.05) is 60.7 Å². The van der Waals surface area contributed by atoms with Crippen LogP contribution in [0.5, 0.6) is 0 Å². The van der Waals surface area contributed by atoms with Gasteiger partial charge in [0.05, 0.1) is 6.04 Å². The van der Waals surface area contributed by atoms with Gasteiger partial charge in [0.2, 0.25) is 5.91 Å². The minimum atomic E-state index is -0.413. The minimum absolute atomic E-state index is 0.0519. The van der Waals surface area contributed by atoms with Gasteiger partial charge in [0.25, 0.3) is 0 Å². The maximum Gasteiger partial charge on any atom is 0.236 e. The Bertz CT molecular complexity index is 564. The van der Waals surface area contributed by atoms with Crippen LogP contribution in [0.2, 0.25) is 0 Å². The summed E-state index contributed by atoms with van der Waals surface area (Å²) in [5.74, 6) is 1.13. The van der Waals surface area contributed by atoms with E-state index in [0.717, 1.165) is 12.2 Å². The van der Waals surface area contributed by atoms with Crippen LogP contribution in [0.4, 0.5) is 0 Å². The molecular formula is C20H26N2OS. The fourth-order valence-corrected chi connectivity index (χ4v) is 3.23. The molecule has 0 fully saturated rings. The van der Waals surface area contributed by atoms with Gasteiger partial charge in [-0.3, -0.25) is 4.79 Å². The van der Waals surface area contributed by atoms with Gasteiger partial charge >= 0.3 is 0 Å². The summed E-state index contributed by atoms with van der Waals surface area (Å²) in [5, 5.41) is 2.99. The molecule has 0 aromatic heterocycles. The number of nitrogens with one attached hydrogen (secondary N) is 1. The van der Waals surface area contributed by atoms with Crippen molar-refractivity contribution in [3.05, 3.63) is 71.8 Å². The molecule has 0 spiro atoms. The number of thioether (sulfide) groups is 1. The number of carbonyl (C=O) groups excluding carboxylic acids is 1. The average Bonchev–Trinajstić information content (AvgIpc) is 2.64. The Morgan fingerprint density at radius 2 is 1.54 bits per heavy atom. The number of hydrogen-bond acceptors (Lipinski definition) is 3. The van der Waals surface area contributed by atoms with Gasteiger partial charge in [-0.15, -0.1) is 0 Å². The molecule has 128 valence electrons. The zero-order valence-electron chi connectivity index (χ0n) is 14.2. The van der Waals surface area contributed by atoms with Crippen molar-refractivity contribution in [2.24, 2.45) is 5.73 Å². The van der Waals surface area contributed by atoms with Crippen LogP contribution in [0, 0.1) is 0 Å². The fraction of sp³-hybridized carbons (Fsp3) is 0.350. The van der Waals surface area contributed by atoms with Gasteiger partial charge in [0, 0.05) is 12.5 Å². The fourth-order valence-electron chi connectivity index (χ4n) is 2.74. The van der Waals surface area contributed by atoms with Crippen LogP contribution in [-0.4, -0.2) is 30.5 Å². The Labute approximate surface area is 149 Å². The largest absolute Gasteiger partial charge is 0.355 e. The molecule has 24 heavy (non-hydrogen) atoms. The smallest absolute Gasteiger partial charge is 0.236 e. The highest BCUT2D eigenvalue weighted by Gasteiger charge is 2.16. The lowest BCUT2D eigenvalue weighted by molar-refractivity contribution is -0.122. The second kappa shape index (κ2) is 10.2. The van der Waals surface area contributed by atoms with Crippen molar-refractivity contribution in [2.45, 2.75) is 24.8 Å². The summed E-state index contributed by atoms with van der Waals surface area (Å²) in [6.07, 6.45) is 3.59. The van der Waals surface area contributed by atoms with E-state index < -0.39 is 6.04 Å². The number of hydrogen-bond donors (Lipinski definition) is 2. The van der Waals surface area contributed by atoms with E-state index in [-0.39, 0.29) is 11.8 Å². The summed E-state index contributed by atoms with van der Waals surface area (Å²) >= 11 is 1.71. The second-order valence-corrected chi connectivity index (χ2v) is 6.83. The summed E-state index contributed by atoms with van der Waals surface area (Å²) in [6, 6.07) is 20.4. The lowest BCUT2D eigenvalue weighted by Crippen LogP contribution is -2.41. The van der Waals surface area contributed by atoms with Gasteiger partial charge in [0.1, 0.15) is 0 Å². The topological polar surface area (TPSA) is 55.1 Å². The van der Waals surface area contributed by atoms with Crippen molar-refractivity contribution in [1.82, 2.24) is 5.32 Å². The third kappa shape index (κ3) is 5.69. The molecule has 0 saturated heterocycles. The first-order valence-electron chi connectivity index (χ1n) is 8.34. The molecule has 4 heteroatoms. The number of amides is 1. The minimum Gasteiger partial charge on any atom is -0.355 e. The van der Waals surface area contributed by atoms with Crippen molar-refractivity contribution < 1.29 is 4.79 Å². The second-order valence-electron chi connectivity index (χ2n) is 5.84. The molecule has 0 aliphatic carbocycles. The molecule has 0 aliphatic rings. The van der Waals surface area contributed by atoms with E-state index in [9.17, 15) is 4.79 Å². The van der Waals surface area contributed by atoms with Crippen LogP contribution in [0.15, 0.2) is 60.7 Å². The molecule has 1 atom stereocenters. The van der Waals surface area contributed by atoms with Crippen molar-refractivity contribution in [3.63, 3.8) is 0 Å². The first-order chi connectivity index (χ1) is 11.7. The van der Waals surface area contributed by atoms with Crippen LogP contribution in [0.3, 0.4) is 0 Å². The molecule has 0 heterocycles. The van der Waals surface area contributed by atoms with E-state index in [0.29, 0.717) is 13.0 Å². The lowest BCUT2D eigenvalue weighted by atomic mass is 9.88. The highest BCUT2D eigenvalue weighted by Crippen LogP contribution is 2.27. The van der Waals surface area contributed by atoms with Crippen molar-refractivity contribution in [2.75, 3.05) is 18.6 Å². The molecule has 0 bridgehead atoms. The summed E-state index contributed by atoms with van der Waals surface area (Å²) in [4.78, 5) is 12.1. The standard InChI is InChI=1S/C20H26N2OS/c1-24-15-13-19(21)20(23)22-14-12-18(16-8-4-2-5-9-16)17-10-6-3-7-11-17/h2-11,18-19H,12-15,21H2,1H3,(H,22,23)/t19-/m0/s1. The average molecular weight is 343 g/mol. The van der Waals surface area contributed by atoms with Crippen LogP contribution < -0.4 is 11.1 Å². The monoisotopic (exact) mass is 342 g/mol. The zero-order chi connectivity index (χ0) is 17.2. The molecule has 2 rings (SSSR count). The molecule has 0 radical (unpaired) electrons. The van der Waals surface area contributed by atoms with E-state index in [1.807, 2.05) is 18.4 Å². The van der Waals surface area contributed by atoms with E-state index >= 15 is 0 Å². The van der Waals surface area contributed by atoms with Gasteiger partial charge < -0.3 is 11.1 Å². The van der Waals surface area contributed by atoms with Gasteiger partial charge in [-0.25, -0.2) is 0 Å². The number of rotatable bonds is 9. The summed E-state index contributed by atoms with van der Waals surface area (Å²) < 4.78 is 0. The predicted molar refractivity (Wildman–Crippen MR) is 103 cm³/mol. The lowest BCUT2D eigenvalue weighted by Gasteiger charge is -2.19. The third-order valence-electron chi connectivity index (χ3n) is 4.11. The van der Waals surface area contributed by atoms with E-state index in [2.05, 4.69) is 53.8 Å². The summed E-state index contributed by atoms with van der Waals surface area (Å²) in [5.41, 5.74) is 8.45. The molecular weight excluding hydrogens is 316 g/mol. The first-order valence-corrected chi connectivity index (χ1v) is 9.74. The van der Waals surface area contributed by atoms with Crippen molar-refractivity contribution in [3.8, 4) is 0 Å². The molecule has 2 aromatic carbocycles. The Morgan fingerprint density at radius 3 is 2.04 bits per heavy atom. The molecule has 3 nitrogen and oxygen atoms in total. The predicted octanol–water partition coefficient (Wildman–Crippen LogP) is 3.41. The number of nitrogens with two attached hydrogens (primary N) is 1. The van der Waals surface area contributed by atoms with Crippen LogP contribution in [-0.2, 0) is 4.79 Å². The maximum absolute atomic E-state index is 12.1. The van der Waals surface area contributed by atoms with Crippen molar-refractivity contribution in [1.29, 1.82) is 0 Å². The van der Waals surface area contributed by atoms with Gasteiger partial charge in [0.15, 0.2) is 0 Å². The molecule has 3 N–H and O–H groups in total. The van der Waals surface area contributed by atoms with Crippen LogP contribution >= 0.6 is 11.8 Å². The quantitative estimate of drug-likeness (QED) is 0.734. The normalized spacial score (nSPS) is 12.1. The van der Waals surface area contributed by atoms with E-state index in [1.54, 1.807) is 11.8 Å². The summed E-state index contributed by atoms with van der Waals surface area (Å²) in [6.45, 7) is 0.625. The van der Waals surface area contributed by atoms with Gasteiger partial charge in [-0.05, 0) is 36.0 Å².